The first-order valence-electron chi connectivity index (χ1n) is 9.15. The Morgan fingerprint density at radius 3 is 2.72 bits per heavy atom. The molecule has 0 bridgehead atoms. The van der Waals surface area contributed by atoms with E-state index in [1.807, 2.05) is 17.5 Å². The van der Waals surface area contributed by atoms with E-state index in [0.29, 0.717) is 18.6 Å². The fourth-order valence-corrected chi connectivity index (χ4v) is 3.65. The van der Waals surface area contributed by atoms with Crippen LogP contribution in [0.4, 0.5) is 5.82 Å². The summed E-state index contributed by atoms with van der Waals surface area (Å²) in [4.78, 5) is 7.22. The van der Waals surface area contributed by atoms with Gasteiger partial charge in [0.1, 0.15) is 5.82 Å². The number of aryl methyl sites for hydroxylation is 1. The first-order valence-corrected chi connectivity index (χ1v) is 9.15. The van der Waals surface area contributed by atoms with Crippen molar-refractivity contribution in [3.05, 3.63) is 23.5 Å². The van der Waals surface area contributed by atoms with Gasteiger partial charge in [-0.2, -0.15) is 9.61 Å². The van der Waals surface area contributed by atoms with E-state index in [9.17, 15) is 0 Å². The maximum absolute atomic E-state index is 5.80. The highest BCUT2D eigenvalue weighted by Gasteiger charge is 2.34. The van der Waals surface area contributed by atoms with Crippen LogP contribution in [0.5, 0.6) is 0 Å². The molecular formula is C18H27N5O2. The van der Waals surface area contributed by atoms with Crippen molar-refractivity contribution in [2.75, 3.05) is 44.8 Å². The van der Waals surface area contributed by atoms with E-state index in [0.717, 1.165) is 55.8 Å². The fraction of sp³-hybridized carbons (Fsp3) is 0.667. The molecule has 0 unspecified atom stereocenters. The fourth-order valence-electron chi connectivity index (χ4n) is 3.65. The number of hydrogen-bond acceptors (Lipinski definition) is 6. The Labute approximate surface area is 148 Å². The predicted octanol–water partition coefficient (Wildman–Crippen LogP) is 1.67. The number of nitrogens with one attached hydrogen (secondary N) is 1. The minimum absolute atomic E-state index is 0.244. The molecule has 4 rings (SSSR count). The van der Waals surface area contributed by atoms with Gasteiger partial charge in [0.15, 0.2) is 5.65 Å². The summed E-state index contributed by atoms with van der Waals surface area (Å²) in [6, 6.07) is 4.76. The summed E-state index contributed by atoms with van der Waals surface area (Å²) in [6.45, 7) is 11.4. The van der Waals surface area contributed by atoms with Crippen LogP contribution in [0, 0.1) is 6.92 Å². The number of nitrogens with zero attached hydrogens (tertiary/aromatic N) is 4. The Bertz CT molecular complexity index is 738. The van der Waals surface area contributed by atoms with E-state index in [4.69, 9.17) is 14.5 Å². The van der Waals surface area contributed by atoms with Gasteiger partial charge in [0, 0.05) is 30.9 Å². The van der Waals surface area contributed by atoms with E-state index in [1.54, 1.807) is 0 Å². The molecule has 136 valence electrons. The zero-order valence-corrected chi connectivity index (χ0v) is 15.2. The average molecular weight is 345 g/mol. The first-order chi connectivity index (χ1) is 12.1. The zero-order valence-electron chi connectivity index (χ0n) is 15.2. The quantitative estimate of drug-likeness (QED) is 0.909. The lowest BCUT2D eigenvalue weighted by Gasteiger charge is -2.34. The molecule has 0 spiro atoms. The van der Waals surface area contributed by atoms with E-state index >= 15 is 0 Å². The smallest absolute Gasteiger partial charge is 0.157 e. The molecular weight excluding hydrogens is 318 g/mol. The molecule has 7 heteroatoms. The molecule has 25 heavy (non-hydrogen) atoms. The molecule has 2 fully saturated rings. The molecule has 0 saturated carbocycles. The summed E-state index contributed by atoms with van der Waals surface area (Å²) in [5.41, 5.74) is 2.95. The molecule has 0 aromatic carbocycles. The Morgan fingerprint density at radius 2 is 1.96 bits per heavy atom. The van der Waals surface area contributed by atoms with Gasteiger partial charge in [-0.1, -0.05) is 13.8 Å². The van der Waals surface area contributed by atoms with Crippen LogP contribution in [0.3, 0.4) is 0 Å². The summed E-state index contributed by atoms with van der Waals surface area (Å²) in [7, 11) is 0. The number of morpholine rings is 1. The van der Waals surface area contributed by atoms with Crippen molar-refractivity contribution in [1.82, 2.24) is 19.5 Å². The lowest BCUT2D eigenvalue weighted by molar-refractivity contribution is 0.0130. The maximum Gasteiger partial charge on any atom is 0.157 e. The normalized spacial score (nSPS) is 25.1. The Morgan fingerprint density at radius 1 is 1.16 bits per heavy atom. The first kappa shape index (κ1) is 16.8. The van der Waals surface area contributed by atoms with Crippen molar-refractivity contribution in [2.24, 2.45) is 0 Å². The number of aromatic nitrogens is 3. The van der Waals surface area contributed by atoms with Crippen LogP contribution < -0.4 is 5.32 Å². The minimum atomic E-state index is 0.244. The third kappa shape index (κ3) is 3.36. The topological polar surface area (TPSA) is 63.9 Å². The number of fused-ring (bicyclic) bond motifs is 1. The number of anilines is 1. The van der Waals surface area contributed by atoms with Gasteiger partial charge < -0.3 is 14.8 Å². The molecule has 4 heterocycles. The zero-order chi connectivity index (χ0) is 17.4. The largest absolute Gasteiger partial charge is 0.379 e. The van der Waals surface area contributed by atoms with Crippen molar-refractivity contribution in [1.29, 1.82) is 0 Å². The predicted molar refractivity (Wildman–Crippen MR) is 96.2 cm³/mol. The van der Waals surface area contributed by atoms with Gasteiger partial charge in [-0.3, -0.25) is 4.90 Å². The number of ether oxygens (including phenoxy) is 2. The highest BCUT2D eigenvalue weighted by atomic mass is 16.5. The molecule has 0 radical (unpaired) electrons. The molecule has 7 nitrogen and oxygen atoms in total. The molecule has 2 saturated heterocycles. The second-order valence-corrected chi connectivity index (χ2v) is 7.28. The second-order valence-electron chi connectivity index (χ2n) is 7.28. The summed E-state index contributed by atoms with van der Waals surface area (Å²) in [5.74, 6) is 1.37. The van der Waals surface area contributed by atoms with Crippen LogP contribution in [0.1, 0.15) is 31.2 Å². The summed E-state index contributed by atoms with van der Waals surface area (Å²) < 4.78 is 13.2. The molecule has 1 N–H and O–H groups in total. The third-order valence-corrected chi connectivity index (χ3v) is 5.06. The van der Waals surface area contributed by atoms with E-state index < -0.39 is 0 Å². The SMILES string of the molecule is Cc1cc2nc(C(C)C)cc(N[C@@H]3COC[C@H]3N3CCOCC3)n2n1. The Kier molecular flexibility index (Phi) is 4.62. The van der Waals surface area contributed by atoms with Gasteiger partial charge in [-0.05, 0) is 12.8 Å². The summed E-state index contributed by atoms with van der Waals surface area (Å²) in [5, 5.41) is 8.30. The van der Waals surface area contributed by atoms with Gasteiger partial charge in [-0.25, -0.2) is 4.98 Å². The lowest BCUT2D eigenvalue weighted by atomic mass is 10.1. The van der Waals surface area contributed by atoms with Crippen molar-refractivity contribution in [3.63, 3.8) is 0 Å². The van der Waals surface area contributed by atoms with Crippen molar-refractivity contribution < 1.29 is 9.47 Å². The molecule has 2 atom stereocenters. The van der Waals surface area contributed by atoms with Crippen molar-refractivity contribution in [2.45, 2.75) is 38.8 Å². The van der Waals surface area contributed by atoms with Crippen LogP contribution in [0.15, 0.2) is 12.1 Å². The van der Waals surface area contributed by atoms with Crippen LogP contribution in [-0.2, 0) is 9.47 Å². The van der Waals surface area contributed by atoms with Gasteiger partial charge in [0.2, 0.25) is 0 Å². The van der Waals surface area contributed by atoms with Gasteiger partial charge in [-0.15, -0.1) is 0 Å². The van der Waals surface area contributed by atoms with E-state index in [1.165, 1.54) is 0 Å². The Hall–Kier alpha value is -1.70. The van der Waals surface area contributed by atoms with Crippen LogP contribution >= 0.6 is 0 Å². The molecule has 2 aromatic heterocycles. The van der Waals surface area contributed by atoms with Crippen LogP contribution in [-0.4, -0.2) is 71.1 Å². The molecule has 0 aliphatic carbocycles. The average Bonchev–Trinajstić information content (AvgIpc) is 3.21. The number of rotatable bonds is 4. The van der Waals surface area contributed by atoms with Gasteiger partial charge in [0.05, 0.1) is 44.2 Å². The monoisotopic (exact) mass is 345 g/mol. The van der Waals surface area contributed by atoms with Crippen molar-refractivity contribution in [3.8, 4) is 0 Å². The molecule has 2 aliphatic heterocycles. The molecule has 2 aliphatic rings. The van der Waals surface area contributed by atoms with Crippen molar-refractivity contribution >= 4 is 11.5 Å². The van der Waals surface area contributed by atoms with Crippen LogP contribution in [0.2, 0.25) is 0 Å². The van der Waals surface area contributed by atoms with E-state index in [2.05, 4.69) is 35.2 Å². The van der Waals surface area contributed by atoms with Gasteiger partial charge >= 0.3 is 0 Å². The molecule has 0 amide bonds. The highest BCUT2D eigenvalue weighted by Crippen LogP contribution is 2.23. The summed E-state index contributed by atoms with van der Waals surface area (Å²) in [6.07, 6.45) is 0. The minimum Gasteiger partial charge on any atom is -0.379 e. The Balaban J connectivity index is 1.62. The van der Waals surface area contributed by atoms with Gasteiger partial charge in [0.25, 0.3) is 0 Å². The number of hydrogen-bond donors (Lipinski definition) is 1. The summed E-state index contributed by atoms with van der Waals surface area (Å²) >= 11 is 0. The third-order valence-electron chi connectivity index (χ3n) is 5.06. The standard InChI is InChI=1S/C18H27N5O2/c1-12(2)14-9-18(23-17(19-14)8-13(3)21-23)20-15-10-25-11-16(15)22-4-6-24-7-5-22/h8-9,12,15-16,20H,4-7,10-11H2,1-3H3/t15-,16-/m1/s1. The second kappa shape index (κ2) is 6.90. The van der Waals surface area contributed by atoms with Crippen LogP contribution in [0.25, 0.3) is 5.65 Å². The molecule has 2 aromatic rings. The van der Waals surface area contributed by atoms with E-state index in [-0.39, 0.29) is 6.04 Å². The lowest BCUT2D eigenvalue weighted by Crippen LogP contribution is -2.51. The maximum atomic E-state index is 5.80. The highest BCUT2D eigenvalue weighted by molar-refractivity contribution is 5.51.